The third-order valence-electron chi connectivity index (χ3n) is 3.80. The van der Waals surface area contributed by atoms with Crippen LogP contribution in [0.2, 0.25) is 0 Å². The molecule has 0 saturated carbocycles. The average molecular weight is 342 g/mol. The summed E-state index contributed by atoms with van der Waals surface area (Å²) < 4.78 is 21.1. The van der Waals surface area contributed by atoms with Gasteiger partial charge in [-0.05, 0) is 48.4 Å². The summed E-state index contributed by atoms with van der Waals surface area (Å²) in [5.74, 6) is 2.00. The van der Waals surface area contributed by atoms with Crippen LogP contribution in [0.4, 0.5) is 0 Å². The SMILES string of the molecule is COc1ccc(C=CC(=O)c2cc(OC)c(OC)c(OC)c2)cc1C. The maximum absolute atomic E-state index is 12.5. The van der Waals surface area contributed by atoms with Crippen molar-refractivity contribution >= 4 is 11.9 Å². The molecule has 2 aromatic carbocycles. The van der Waals surface area contributed by atoms with Gasteiger partial charge < -0.3 is 18.9 Å². The summed E-state index contributed by atoms with van der Waals surface area (Å²) in [4.78, 5) is 12.5. The highest BCUT2D eigenvalue weighted by Gasteiger charge is 2.15. The molecule has 0 bridgehead atoms. The number of carbonyl (C=O) groups excluding carboxylic acids is 1. The van der Waals surface area contributed by atoms with Crippen LogP contribution >= 0.6 is 0 Å². The van der Waals surface area contributed by atoms with E-state index in [0.717, 1.165) is 16.9 Å². The molecule has 0 aliphatic rings. The first kappa shape index (κ1) is 18.4. The fourth-order valence-electron chi connectivity index (χ4n) is 2.50. The van der Waals surface area contributed by atoms with Gasteiger partial charge in [0.05, 0.1) is 28.4 Å². The first-order valence-electron chi connectivity index (χ1n) is 7.71. The van der Waals surface area contributed by atoms with Crippen molar-refractivity contribution in [3.05, 3.63) is 53.1 Å². The largest absolute Gasteiger partial charge is 0.496 e. The quantitative estimate of drug-likeness (QED) is 0.564. The lowest BCUT2D eigenvalue weighted by atomic mass is 10.1. The second-order valence-corrected chi connectivity index (χ2v) is 5.34. The molecule has 0 heterocycles. The van der Waals surface area contributed by atoms with Crippen LogP contribution in [0.15, 0.2) is 36.4 Å². The van der Waals surface area contributed by atoms with E-state index < -0.39 is 0 Å². The van der Waals surface area contributed by atoms with Gasteiger partial charge in [0.15, 0.2) is 17.3 Å². The van der Waals surface area contributed by atoms with Crippen LogP contribution in [0, 0.1) is 6.92 Å². The van der Waals surface area contributed by atoms with Gasteiger partial charge in [0.2, 0.25) is 5.75 Å². The predicted octanol–water partition coefficient (Wildman–Crippen LogP) is 3.93. The van der Waals surface area contributed by atoms with Crippen molar-refractivity contribution in [2.75, 3.05) is 28.4 Å². The van der Waals surface area contributed by atoms with Crippen LogP contribution in [0.3, 0.4) is 0 Å². The molecule has 5 heteroatoms. The number of ketones is 1. The number of ether oxygens (including phenoxy) is 4. The normalized spacial score (nSPS) is 10.6. The molecule has 0 N–H and O–H groups in total. The summed E-state index contributed by atoms with van der Waals surface area (Å²) in [7, 11) is 6.18. The number of hydrogen-bond acceptors (Lipinski definition) is 5. The van der Waals surface area contributed by atoms with Crippen LogP contribution in [0.1, 0.15) is 21.5 Å². The Kier molecular flexibility index (Phi) is 6.06. The lowest BCUT2D eigenvalue weighted by molar-refractivity contribution is 0.104. The smallest absolute Gasteiger partial charge is 0.203 e. The molecule has 2 aromatic rings. The standard InChI is InChI=1S/C20H22O5/c1-13-10-14(7-9-17(13)22-2)6-8-16(21)15-11-18(23-3)20(25-5)19(12-15)24-4/h6-12H,1-5H3. The van der Waals surface area contributed by atoms with E-state index in [1.165, 1.54) is 27.4 Å². The number of benzene rings is 2. The minimum absolute atomic E-state index is 0.160. The molecule has 0 spiro atoms. The zero-order chi connectivity index (χ0) is 18.4. The fraction of sp³-hybridized carbons (Fsp3) is 0.250. The summed E-state index contributed by atoms with van der Waals surface area (Å²) in [5, 5.41) is 0. The molecular weight excluding hydrogens is 320 g/mol. The molecule has 0 radical (unpaired) electrons. The molecule has 0 aliphatic carbocycles. The van der Waals surface area contributed by atoms with Crippen molar-refractivity contribution in [2.45, 2.75) is 6.92 Å². The molecule has 0 unspecified atom stereocenters. The molecular formula is C20H22O5. The van der Waals surface area contributed by atoms with Gasteiger partial charge in [-0.3, -0.25) is 4.79 Å². The molecule has 132 valence electrons. The Labute approximate surface area is 147 Å². The highest BCUT2D eigenvalue weighted by atomic mass is 16.5. The van der Waals surface area contributed by atoms with Gasteiger partial charge in [0, 0.05) is 5.56 Å². The topological polar surface area (TPSA) is 54.0 Å². The van der Waals surface area contributed by atoms with E-state index >= 15 is 0 Å². The molecule has 5 nitrogen and oxygen atoms in total. The monoisotopic (exact) mass is 342 g/mol. The second kappa shape index (κ2) is 8.24. The van der Waals surface area contributed by atoms with Gasteiger partial charge in [-0.25, -0.2) is 0 Å². The summed E-state index contributed by atoms with van der Waals surface area (Å²) in [6, 6.07) is 8.99. The van der Waals surface area contributed by atoms with Crippen molar-refractivity contribution < 1.29 is 23.7 Å². The number of methoxy groups -OCH3 is 4. The van der Waals surface area contributed by atoms with Gasteiger partial charge in [0.1, 0.15) is 5.75 Å². The zero-order valence-electron chi connectivity index (χ0n) is 15.1. The van der Waals surface area contributed by atoms with Gasteiger partial charge >= 0.3 is 0 Å². The Morgan fingerprint density at radius 2 is 1.44 bits per heavy atom. The highest BCUT2D eigenvalue weighted by Crippen LogP contribution is 2.38. The van der Waals surface area contributed by atoms with Crippen LogP contribution < -0.4 is 18.9 Å². The van der Waals surface area contributed by atoms with Crippen molar-refractivity contribution in [1.82, 2.24) is 0 Å². The van der Waals surface area contributed by atoms with Crippen LogP contribution in [0.5, 0.6) is 23.0 Å². The number of aryl methyl sites for hydroxylation is 1. The number of rotatable bonds is 7. The second-order valence-electron chi connectivity index (χ2n) is 5.34. The summed E-state index contributed by atoms with van der Waals surface area (Å²) in [5.41, 5.74) is 2.37. The van der Waals surface area contributed by atoms with Crippen molar-refractivity contribution in [3.8, 4) is 23.0 Å². The molecule has 0 fully saturated rings. The summed E-state index contributed by atoms with van der Waals surface area (Å²) in [6.07, 6.45) is 3.28. The van der Waals surface area contributed by atoms with Crippen LogP contribution in [0.25, 0.3) is 6.08 Å². The Hall–Kier alpha value is -2.95. The van der Waals surface area contributed by atoms with Gasteiger partial charge in [0.25, 0.3) is 0 Å². The highest BCUT2D eigenvalue weighted by molar-refractivity contribution is 6.07. The van der Waals surface area contributed by atoms with E-state index in [9.17, 15) is 4.79 Å². The molecule has 0 atom stereocenters. The Bertz CT molecular complexity index is 768. The van der Waals surface area contributed by atoms with E-state index in [-0.39, 0.29) is 5.78 Å². The van der Waals surface area contributed by atoms with E-state index in [1.807, 2.05) is 25.1 Å². The summed E-state index contributed by atoms with van der Waals surface area (Å²) >= 11 is 0. The molecule has 0 aromatic heterocycles. The number of allylic oxidation sites excluding steroid dienone is 1. The zero-order valence-corrected chi connectivity index (χ0v) is 15.1. The summed E-state index contributed by atoms with van der Waals surface area (Å²) in [6.45, 7) is 1.96. The maximum atomic E-state index is 12.5. The van der Waals surface area contributed by atoms with Crippen LogP contribution in [-0.2, 0) is 0 Å². The van der Waals surface area contributed by atoms with Gasteiger partial charge in [-0.2, -0.15) is 0 Å². The van der Waals surface area contributed by atoms with Crippen molar-refractivity contribution in [3.63, 3.8) is 0 Å². The maximum Gasteiger partial charge on any atom is 0.203 e. The molecule has 2 rings (SSSR count). The molecule has 0 saturated heterocycles. The molecule has 25 heavy (non-hydrogen) atoms. The van der Waals surface area contributed by atoms with Crippen molar-refractivity contribution in [1.29, 1.82) is 0 Å². The Morgan fingerprint density at radius 1 is 0.840 bits per heavy atom. The first-order valence-corrected chi connectivity index (χ1v) is 7.71. The van der Waals surface area contributed by atoms with Crippen LogP contribution in [-0.4, -0.2) is 34.2 Å². The lowest BCUT2D eigenvalue weighted by Gasteiger charge is -2.13. The lowest BCUT2D eigenvalue weighted by Crippen LogP contribution is -2.00. The third kappa shape index (κ3) is 4.12. The van der Waals surface area contributed by atoms with Gasteiger partial charge in [-0.15, -0.1) is 0 Å². The van der Waals surface area contributed by atoms with Gasteiger partial charge in [-0.1, -0.05) is 12.1 Å². The minimum atomic E-state index is -0.160. The third-order valence-corrected chi connectivity index (χ3v) is 3.80. The first-order chi connectivity index (χ1) is 12.0. The van der Waals surface area contributed by atoms with E-state index in [0.29, 0.717) is 22.8 Å². The number of hydrogen-bond donors (Lipinski definition) is 0. The van der Waals surface area contributed by atoms with Crippen molar-refractivity contribution in [2.24, 2.45) is 0 Å². The predicted molar refractivity (Wildman–Crippen MR) is 97.2 cm³/mol. The molecule has 0 aliphatic heterocycles. The number of carbonyl (C=O) groups is 1. The Morgan fingerprint density at radius 3 is 1.92 bits per heavy atom. The van der Waals surface area contributed by atoms with E-state index in [4.69, 9.17) is 18.9 Å². The minimum Gasteiger partial charge on any atom is -0.496 e. The Balaban J connectivity index is 2.30. The average Bonchev–Trinajstić information content (AvgIpc) is 2.64. The molecule has 0 amide bonds. The van der Waals surface area contributed by atoms with E-state index in [2.05, 4.69) is 0 Å². The fourth-order valence-corrected chi connectivity index (χ4v) is 2.50. The van der Waals surface area contributed by atoms with E-state index in [1.54, 1.807) is 25.3 Å².